The fraction of sp³-hybridized carbons (Fsp3) is 0. The first-order valence-electron chi connectivity index (χ1n) is 6.35. The molecule has 0 atom stereocenters. The molecule has 0 bridgehead atoms. The summed E-state index contributed by atoms with van der Waals surface area (Å²) in [6, 6.07) is 13.5. The van der Waals surface area contributed by atoms with Crippen LogP contribution < -0.4 is 10.6 Å². The van der Waals surface area contributed by atoms with E-state index < -0.39 is 11.9 Å². The van der Waals surface area contributed by atoms with E-state index in [1.165, 1.54) is 6.08 Å². The minimum absolute atomic E-state index is 0.533. The number of amides is 3. The summed E-state index contributed by atoms with van der Waals surface area (Å²) in [7, 11) is 0. The average Bonchev–Trinajstić information content (AvgIpc) is 2.49. The van der Waals surface area contributed by atoms with E-state index in [2.05, 4.69) is 26.6 Å². The Balaban J connectivity index is 1.90. The van der Waals surface area contributed by atoms with E-state index >= 15 is 0 Å². The molecule has 22 heavy (non-hydrogen) atoms. The van der Waals surface area contributed by atoms with Crippen LogP contribution in [0.25, 0.3) is 6.08 Å². The lowest BCUT2D eigenvalue weighted by atomic mass is 10.2. The smallest absolute Gasteiger partial charge is 0.308 e. The number of imide groups is 1. The van der Waals surface area contributed by atoms with Crippen molar-refractivity contribution in [3.05, 3.63) is 69.7 Å². The van der Waals surface area contributed by atoms with Crippen molar-refractivity contribution in [2.75, 3.05) is 5.32 Å². The first kappa shape index (κ1) is 16.3. The maximum Gasteiger partial charge on any atom is 0.326 e. The molecule has 0 saturated heterocycles. The minimum atomic E-state index is -0.601. The molecule has 0 unspecified atom stereocenters. The molecule has 0 aliphatic rings. The normalized spacial score (nSPS) is 10.5. The van der Waals surface area contributed by atoms with Crippen LogP contribution in [-0.2, 0) is 4.79 Å². The molecular weight excluding hydrogens is 368 g/mol. The number of rotatable bonds is 3. The van der Waals surface area contributed by atoms with Crippen molar-refractivity contribution in [2.45, 2.75) is 0 Å². The highest BCUT2D eigenvalue weighted by Gasteiger charge is 2.05. The van der Waals surface area contributed by atoms with Gasteiger partial charge in [0, 0.05) is 21.3 Å². The number of nitrogens with one attached hydrogen (secondary N) is 2. The molecular formula is C16H12BrClN2O2. The van der Waals surface area contributed by atoms with Crippen molar-refractivity contribution >= 4 is 51.2 Å². The van der Waals surface area contributed by atoms with Gasteiger partial charge >= 0.3 is 6.03 Å². The third-order valence-electron chi connectivity index (χ3n) is 2.66. The van der Waals surface area contributed by atoms with Gasteiger partial charge in [-0.1, -0.05) is 45.7 Å². The molecule has 0 aromatic heterocycles. The number of anilines is 1. The van der Waals surface area contributed by atoms with Crippen molar-refractivity contribution in [2.24, 2.45) is 0 Å². The summed E-state index contributed by atoms with van der Waals surface area (Å²) in [6.07, 6.45) is 2.80. The molecule has 2 aromatic rings. The second-order valence-corrected chi connectivity index (χ2v) is 5.63. The summed E-state index contributed by atoms with van der Waals surface area (Å²) in [6.45, 7) is 0. The van der Waals surface area contributed by atoms with Crippen LogP contribution in [0.3, 0.4) is 0 Å². The van der Waals surface area contributed by atoms with Crippen molar-refractivity contribution in [1.29, 1.82) is 0 Å². The van der Waals surface area contributed by atoms with Crippen molar-refractivity contribution in [1.82, 2.24) is 5.32 Å². The van der Waals surface area contributed by atoms with Crippen LogP contribution >= 0.6 is 27.5 Å². The Morgan fingerprint density at radius 1 is 1.05 bits per heavy atom. The van der Waals surface area contributed by atoms with Gasteiger partial charge in [0.1, 0.15) is 0 Å². The molecule has 3 amide bonds. The molecule has 2 aromatic carbocycles. The Kier molecular flexibility index (Phi) is 5.75. The second-order valence-electron chi connectivity index (χ2n) is 4.31. The number of urea groups is 1. The highest BCUT2D eigenvalue weighted by Crippen LogP contribution is 2.16. The number of hydrogen-bond acceptors (Lipinski definition) is 2. The lowest BCUT2D eigenvalue weighted by molar-refractivity contribution is -0.115. The van der Waals surface area contributed by atoms with Crippen LogP contribution in [0.1, 0.15) is 5.56 Å². The van der Waals surface area contributed by atoms with Crippen molar-refractivity contribution < 1.29 is 9.59 Å². The standard InChI is InChI=1S/C16H12BrClN2O2/c17-12-6-8-13(9-7-12)19-16(22)20-15(21)10-5-11-3-1-2-4-14(11)18/h1-10H,(H2,19,20,21,22)/b10-5+. The molecule has 112 valence electrons. The summed E-state index contributed by atoms with van der Waals surface area (Å²) in [4.78, 5) is 23.3. The predicted octanol–water partition coefficient (Wildman–Crippen LogP) is 4.46. The summed E-state index contributed by atoms with van der Waals surface area (Å²) < 4.78 is 0.900. The van der Waals surface area contributed by atoms with Gasteiger partial charge in [-0.3, -0.25) is 10.1 Å². The largest absolute Gasteiger partial charge is 0.326 e. The second kappa shape index (κ2) is 7.77. The molecule has 6 heteroatoms. The Morgan fingerprint density at radius 3 is 2.41 bits per heavy atom. The van der Waals surface area contributed by atoms with Gasteiger partial charge in [0.15, 0.2) is 0 Å². The SMILES string of the molecule is O=C(/C=C/c1ccccc1Cl)NC(=O)Nc1ccc(Br)cc1. The average molecular weight is 380 g/mol. The number of hydrogen-bond donors (Lipinski definition) is 2. The highest BCUT2D eigenvalue weighted by molar-refractivity contribution is 9.10. The molecule has 0 aliphatic heterocycles. The van der Waals surface area contributed by atoms with E-state index in [1.807, 2.05) is 6.07 Å². The molecule has 0 fully saturated rings. The third kappa shape index (κ3) is 5.02. The van der Waals surface area contributed by atoms with Crippen molar-refractivity contribution in [3.8, 4) is 0 Å². The molecule has 0 radical (unpaired) electrons. The van der Waals surface area contributed by atoms with Gasteiger partial charge in [-0.05, 0) is 42.0 Å². The molecule has 0 heterocycles. The van der Waals surface area contributed by atoms with Crippen molar-refractivity contribution in [3.63, 3.8) is 0 Å². The van der Waals surface area contributed by atoms with Gasteiger partial charge in [-0.2, -0.15) is 0 Å². The molecule has 2 rings (SSSR count). The van der Waals surface area contributed by atoms with E-state index in [-0.39, 0.29) is 0 Å². The van der Waals surface area contributed by atoms with Gasteiger partial charge in [-0.15, -0.1) is 0 Å². The van der Waals surface area contributed by atoms with E-state index in [0.29, 0.717) is 16.3 Å². The van der Waals surface area contributed by atoms with Gasteiger partial charge in [-0.25, -0.2) is 4.79 Å². The first-order chi connectivity index (χ1) is 10.5. The quantitative estimate of drug-likeness (QED) is 0.773. The maximum atomic E-state index is 11.7. The summed E-state index contributed by atoms with van der Waals surface area (Å²) in [5.74, 6) is -0.533. The molecule has 0 spiro atoms. The topological polar surface area (TPSA) is 58.2 Å². The highest BCUT2D eigenvalue weighted by atomic mass is 79.9. The fourth-order valence-corrected chi connectivity index (χ4v) is 2.09. The lowest BCUT2D eigenvalue weighted by Gasteiger charge is -2.05. The summed E-state index contributed by atoms with van der Waals surface area (Å²) in [5, 5.41) is 5.29. The van der Waals surface area contributed by atoms with Gasteiger partial charge in [0.25, 0.3) is 5.91 Å². The minimum Gasteiger partial charge on any atom is -0.308 e. The Labute approximate surface area is 141 Å². The van der Waals surface area contributed by atoms with Gasteiger partial charge < -0.3 is 5.32 Å². The fourth-order valence-electron chi connectivity index (χ4n) is 1.62. The monoisotopic (exact) mass is 378 g/mol. The Bertz CT molecular complexity index is 714. The van der Waals surface area contributed by atoms with E-state index in [1.54, 1.807) is 48.5 Å². The first-order valence-corrected chi connectivity index (χ1v) is 7.52. The molecule has 4 nitrogen and oxygen atoms in total. The number of halogens is 2. The van der Waals surface area contributed by atoms with Crippen LogP contribution in [0, 0.1) is 0 Å². The van der Waals surface area contributed by atoms with Crippen LogP contribution in [0.2, 0.25) is 5.02 Å². The van der Waals surface area contributed by atoms with Crippen LogP contribution in [0.15, 0.2) is 59.1 Å². The van der Waals surface area contributed by atoms with E-state index in [9.17, 15) is 9.59 Å². The summed E-state index contributed by atoms with van der Waals surface area (Å²) >= 11 is 9.27. The number of benzene rings is 2. The number of carbonyl (C=O) groups excluding carboxylic acids is 2. The third-order valence-corrected chi connectivity index (χ3v) is 3.53. The predicted molar refractivity (Wildman–Crippen MR) is 91.8 cm³/mol. The molecule has 0 aliphatic carbocycles. The van der Waals surface area contributed by atoms with Crippen LogP contribution in [-0.4, -0.2) is 11.9 Å². The Morgan fingerprint density at radius 2 is 1.73 bits per heavy atom. The zero-order chi connectivity index (χ0) is 15.9. The van der Waals surface area contributed by atoms with Crippen LogP contribution in [0.5, 0.6) is 0 Å². The zero-order valence-electron chi connectivity index (χ0n) is 11.3. The Hall–Kier alpha value is -2.11. The van der Waals surface area contributed by atoms with E-state index in [4.69, 9.17) is 11.6 Å². The van der Waals surface area contributed by atoms with E-state index in [0.717, 1.165) is 4.47 Å². The zero-order valence-corrected chi connectivity index (χ0v) is 13.7. The lowest BCUT2D eigenvalue weighted by Crippen LogP contribution is -2.33. The van der Waals surface area contributed by atoms with Gasteiger partial charge in [0.05, 0.1) is 0 Å². The van der Waals surface area contributed by atoms with Gasteiger partial charge in [0.2, 0.25) is 0 Å². The summed E-state index contributed by atoms with van der Waals surface area (Å²) in [5.41, 5.74) is 1.29. The molecule has 2 N–H and O–H groups in total. The van der Waals surface area contributed by atoms with Crippen LogP contribution in [0.4, 0.5) is 10.5 Å². The molecule has 0 saturated carbocycles. The maximum absolute atomic E-state index is 11.7. The number of carbonyl (C=O) groups is 2.